The molecule has 63 valence electrons. The number of primary amides is 1. The lowest BCUT2D eigenvalue weighted by molar-refractivity contribution is 0.247. The molecule has 1 unspecified atom stereocenters. The van der Waals surface area contributed by atoms with E-state index < -0.39 is 12.1 Å². The number of urea groups is 1. The Hall–Kier alpha value is -1.36. The second-order valence-electron chi connectivity index (χ2n) is 2.07. The topological polar surface area (TPSA) is 72.2 Å². The van der Waals surface area contributed by atoms with E-state index in [2.05, 4.69) is 5.32 Å². The Labute approximate surface area is 73.4 Å². The molecular formula is C7H7N2O2S. The van der Waals surface area contributed by atoms with Crippen LogP contribution in [0.5, 0.6) is 0 Å². The van der Waals surface area contributed by atoms with E-state index in [0.29, 0.717) is 0 Å². The van der Waals surface area contributed by atoms with Crippen molar-refractivity contribution in [2.24, 2.45) is 5.73 Å². The molecule has 1 heterocycles. The fourth-order valence-electron chi connectivity index (χ4n) is 0.756. The number of hydrogen-bond donors (Lipinski definition) is 2. The number of nitrogens with one attached hydrogen (secondary N) is 1. The van der Waals surface area contributed by atoms with E-state index >= 15 is 0 Å². The molecule has 0 bridgehead atoms. The zero-order chi connectivity index (χ0) is 8.97. The summed E-state index contributed by atoms with van der Waals surface area (Å²) in [6, 6.07) is 2.06. The number of carbonyl (C=O) groups is 1. The molecule has 2 amide bonds. The Morgan fingerprint density at radius 2 is 2.50 bits per heavy atom. The maximum absolute atomic E-state index is 10.4. The first-order chi connectivity index (χ1) is 5.74. The Morgan fingerprint density at radius 1 is 1.75 bits per heavy atom. The van der Waals surface area contributed by atoms with Crippen LogP contribution in [-0.4, -0.2) is 12.3 Å². The second-order valence-corrected chi connectivity index (χ2v) is 3.05. The Bertz CT molecular complexity index is 271. The maximum atomic E-state index is 10.4. The highest BCUT2D eigenvalue weighted by molar-refractivity contribution is 7.10. The fraction of sp³-hybridized carbons (Fsp3) is 0.143. The summed E-state index contributed by atoms with van der Waals surface area (Å²) in [6.45, 7) is 0. The van der Waals surface area contributed by atoms with Crippen LogP contribution in [0.1, 0.15) is 10.9 Å². The van der Waals surface area contributed by atoms with Gasteiger partial charge in [0, 0.05) is 4.88 Å². The van der Waals surface area contributed by atoms with Crippen LogP contribution < -0.4 is 11.1 Å². The average Bonchev–Trinajstić information content (AvgIpc) is 2.51. The molecule has 0 spiro atoms. The second kappa shape index (κ2) is 3.87. The minimum absolute atomic E-state index is 0.725. The molecule has 3 N–H and O–H groups in total. The van der Waals surface area contributed by atoms with E-state index in [0.717, 1.165) is 4.88 Å². The van der Waals surface area contributed by atoms with Gasteiger partial charge in [0.2, 0.25) is 6.29 Å². The van der Waals surface area contributed by atoms with Crippen LogP contribution >= 0.6 is 11.3 Å². The van der Waals surface area contributed by atoms with Gasteiger partial charge in [-0.25, -0.2) is 4.79 Å². The number of nitrogens with two attached hydrogens (primary N) is 1. The maximum Gasteiger partial charge on any atom is 0.313 e. The predicted octanol–water partition coefficient (Wildman–Crippen LogP) is 0.567. The van der Waals surface area contributed by atoms with Crippen LogP contribution in [0, 0.1) is 0 Å². The largest absolute Gasteiger partial charge is 0.352 e. The fourth-order valence-corrected chi connectivity index (χ4v) is 1.47. The van der Waals surface area contributed by atoms with Gasteiger partial charge >= 0.3 is 6.03 Å². The lowest BCUT2D eigenvalue weighted by atomic mass is 10.3. The van der Waals surface area contributed by atoms with Crippen molar-refractivity contribution in [3.63, 3.8) is 0 Å². The molecule has 0 aromatic carbocycles. The van der Waals surface area contributed by atoms with Crippen molar-refractivity contribution in [1.29, 1.82) is 0 Å². The van der Waals surface area contributed by atoms with E-state index in [9.17, 15) is 9.59 Å². The van der Waals surface area contributed by atoms with Crippen molar-refractivity contribution >= 4 is 23.7 Å². The van der Waals surface area contributed by atoms with Gasteiger partial charge in [0.25, 0.3) is 0 Å². The standard InChI is InChI=1S/C7H7N2O2S/c8-7(11)9-5(4-10)6-2-1-3-12-6/h1-3,5H,(H3,8,9,11). The molecule has 0 aliphatic carbocycles. The van der Waals surface area contributed by atoms with Gasteiger partial charge in [-0.15, -0.1) is 11.3 Å². The van der Waals surface area contributed by atoms with Crippen molar-refractivity contribution in [3.05, 3.63) is 22.4 Å². The lowest BCUT2D eigenvalue weighted by Crippen LogP contribution is -2.33. The third-order valence-electron chi connectivity index (χ3n) is 1.23. The number of hydrogen-bond acceptors (Lipinski definition) is 3. The SMILES string of the molecule is NC(=O)NC([C]=O)c1cccs1. The van der Waals surface area contributed by atoms with Gasteiger partial charge in [-0.1, -0.05) is 6.07 Å². The first kappa shape index (κ1) is 8.73. The van der Waals surface area contributed by atoms with Crippen molar-refractivity contribution in [3.8, 4) is 0 Å². The smallest absolute Gasteiger partial charge is 0.313 e. The number of carbonyl (C=O) groups excluding carboxylic acids is 2. The van der Waals surface area contributed by atoms with Crippen LogP contribution in [0.15, 0.2) is 17.5 Å². The minimum Gasteiger partial charge on any atom is -0.352 e. The van der Waals surface area contributed by atoms with E-state index in [-0.39, 0.29) is 0 Å². The molecule has 0 saturated carbocycles. The molecule has 1 atom stereocenters. The summed E-state index contributed by atoms with van der Waals surface area (Å²) in [7, 11) is 0. The molecule has 4 nitrogen and oxygen atoms in total. The summed E-state index contributed by atoms with van der Waals surface area (Å²) in [5, 5.41) is 4.07. The third-order valence-corrected chi connectivity index (χ3v) is 2.17. The van der Waals surface area contributed by atoms with Crippen molar-refractivity contribution in [1.82, 2.24) is 5.32 Å². The molecule has 1 rings (SSSR count). The number of thiophene rings is 1. The van der Waals surface area contributed by atoms with Gasteiger partial charge in [0.1, 0.15) is 6.04 Å². The normalized spacial score (nSPS) is 12.0. The predicted molar refractivity (Wildman–Crippen MR) is 45.5 cm³/mol. The van der Waals surface area contributed by atoms with Crippen LogP contribution in [-0.2, 0) is 4.79 Å². The summed E-state index contributed by atoms with van der Waals surface area (Å²) in [5.74, 6) is 0. The third kappa shape index (κ3) is 2.06. The number of amides is 2. The van der Waals surface area contributed by atoms with Crippen molar-refractivity contribution in [2.75, 3.05) is 0 Å². The summed E-state index contributed by atoms with van der Waals surface area (Å²) >= 11 is 1.36. The highest BCUT2D eigenvalue weighted by Gasteiger charge is 2.12. The van der Waals surface area contributed by atoms with Gasteiger partial charge in [-0.05, 0) is 11.4 Å². The lowest BCUT2D eigenvalue weighted by Gasteiger charge is -2.06. The van der Waals surface area contributed by atoms with Crippen LogP contribution in [0.4, 0.5) is 4.79 Å². The van der Waals surface area contributed by atoms with E-state index in [4.69, 9.17) is 5.73 Å². The van der Waals surface area contributed by atoms with Gasteiger partial charge < -0.3 is 11.1 Å². The molecule has 0 saturated heterocycles. The van der Waals surface area contributed by atoms with E-state index in [1.807, 2.05) is 5.38 Å². The van der Waals surface area contributed by atoms with Gasteiger partial charge in [-0.3, -0.25) is 4.79 Å². The minimum atomic E-state index is -0.734. The zero-order valence-corrected chi connectivity index (χ0v) is 6.93. The van der Waals surface area contributed by atoms with E-state index in [1.54, 1.807) is 18.4 Å². The van der Waals surface area contributed by atoms with Crippen LogP contribution in [0.25, 0.3) is 0 Å². The molecular weight excluding hydrogens is 176 g/mol. The van der Waals surface area contributed by atoms with Gasteiger partial charge in [0.15, 0.2) is 0 Å². The quantitative estimate of drug-likeness (QED) is 0.719. The molecule has 5 heteroatoms. The summed E-state index contributed by atoms with van der Waals surface area (Å²) in [5.41, 5.74) is 4.85. The van der Waals surface area contributed by atoms with Crippen molar-refractivity contribution in [2.45, 2.75) is 6.04 Å². The molecule has 0 fully saturated rings. The molecule has 1 aromatic heterocycles. The van der Waals surface area contributed by atoms with Crippen molar-refractivity contribution < 1.29 is 9.59 Å². The Kier molecular flexibility index (Phi) is 2.82. The summed E-state index contributed by atoms with van der Waals surface area (Å²) in [6.07, 6.45) is 1.68. The Balaban J connectivity index is 2.69. The monoisotopic (exact) mass is 183 g/mol. The highest BCUT2D eigenvalue weighted by atomic mass is 32.1. The van der Waals surface area contributed by atoms with Gasteiger partial charge in [-0.2, -0.15) is 0 Å². The highest BCUT2D eigenvalue weighted by Crippen LogP contribution is 2.16. The first-order valence-corrected chi connectivity index (χ1v) is 4.09. The zero-order valence-electron chi connectivity index (χ0n) is 6.11. The van der Waals surface area contributed by atoms with Gasteiger partial charge in [0.05, 0.1) is 0 Å². The molecule has 0 aliphatic heterocycles. The molecule has 1 radical (unpaired) electrons. The Morgan fingerprint density at radius 3 is 2.92 bits per heavy atom. The summed E-state index contributed by atoms with van der Waals surface area (Å²) < 4.78 is 0. The number of rotatable bonds is 3. The van der Waals surface area contributed by atoms with E-state index in [1.165, 1.54) is 11.3 Å². The molecule has 12 heavy (non-hydrogen) atoms. The van der Waals surface area contributed by atoms with Crippen LogP contribution in [0.3, 0.4) is 0 Å². The summed E-state index contributed by atoms with van der Waals surface area (Å²) in [4.78, 5) is 21.5. The molecule has 0 aliphatic rings. The first-order valence-electron chi connectivity index (χ1n) is 3.21. The average molecular weight is 183 g/mol. The molecule has 1 aromatic rings. The van der Waals surface area contributed by atoms with Crippen LogP contribution in [0.2, 0.25) is 0 Å².